The van der Waals surface area contributed by atoms with Crippen LogP contribution in [-0.2, 0) is 51.3 Å². The van der Waals surface area contributed by atoms with Gasteiger partial charge in [0, 0.05) is 34.2 Å². The van der Waals surface area contributed by atoms with E-state index in [-0.39, 0.29) is 13.2 Å². The molecular formula is C29H40N4O9S. The van der Waals surface area contributed by atoms with Crippen LogP contribution in [0.4, 0.5) is 0 Å². The molecule has 1 amide bonds. The Hall–Kier alpha value is -3.65. The summed E-state index contributed by atoms with van der Waals surface area (Å²) in [4.78, 5) is 48.2. The minimum atomic E-state index is -1.17. The van der Waals surface area contributed by atoms with Crippen molar-refractivity contribution in [2.24, 2.45) is 0 Å². The fraction of sp³-hybridized carbons (Fsp3) is 0.586. The zero-order chi connectivity index (χ0) is 31.5. The van der Waals surface area contributed by atoms with Gasteiger partial charge in [-0.15, -0.1) is 10.2 Å². The predicted molar refractivity (Wildman–Crippen MR) is 155 cm³/mol. The second-order valence-corrected chi connectivity index (χ2v) is 11.2. The van der Waals surface area contributed by atoms with Gasteiger partial charge in [0.05, 0.1) is 0 Å². The van der Waals surface area contributed by atoms with Crippen LogP contribution in [-0.4, -0.2) is 75.0 Å². The van der Waals surface area contributed by atoms with Gasteiger partial charge in [0.2, 0.25) is 5.91 Å². The highest BCUT2D eigenvalue weighted by Crippen LogP contribution is 2.36. The molecule has 5 atom stereocenters. The maximum atomic E-state index is 12.3. The predicted octanol–water partition coefficient (Wildman–Crippen LogP) is 3.10. The van der Waals surface area contributed by atoms with Crippen molar-refractivity contribution in [1.29, 1.82) is 0 Å². The van der Waals surface area contributed by atoms with Crippen LogP contribution < -0.4 is 10.1 Å². The summed E-state index contributed by atoms with van der Waals surface area (Å²) >= 11 is 1.16. The van der Waals surface area contributed by atoms with E-state index in [4.69, 9.17) is 23.7 Å². The summed E-state index contributed by atoms with van der Waals surface area (Å²) < 4.78 is 30.6. The number of nitrogens with zero attached hydrogens (tertiary/aromatic N) is 3. The Morgan fingerprint density at radius 2 is 1.67 bits per heavy atom. The zero-order valence-corrected chi connectivity index (χ0v) is 26.2. The van der Waals surface area contributed by atoms with Crippen LogP contribution in [0.3, 0.4) is 0 Å². The summed E-state index contributed by atoms with van der Waals surface area (Å²) in [6.07, 6.45) is -0.486. The van der Waals surface area contributed by atoms with Crippen molar-refractivity contribution < 1.29 is 42.9 Å². The third-order valence-corrected chi connectivity index (χ3v) is 7.67. The third kappa shape index (κ3) is 9.95. The molecule has 0 radical (unpaired) electrons. The quantitative estimate of drug-likeness (QED) is 0.187. The van der Waals surface area contributed by atoms with Gasteiger partial charge in [-0.05, 0) is 25.0 Å². The average molecular weight is 621 g/mol. The van der Waals surface area contributed by atoms with Crippen LogP contribution >= 0.6 is 11.8 Å². The van der Waals surface area contributed by atoms with E-state index in [1.54, 1.807) is 0 Å². The maximum Gasteiger partial charge on any atom is 0.303 e. The van der Waals surface area contributed by atoms with Gasteiger partial charge >= 0.3 is 17.9 Å². The van der Waals surface area contributed by atoms with Crippen LogP contribution in [0.15, 0.2) is 29.4 Å². The molecule has 236 valence electrons. The van der Waals surface area contributed by atoms with Gasteiger partial charge < -0.3 is 33.6 Å². The molecule has 1 aliphatic heterocycles. The van der Waals surface area contributed by atoms with Crippen LogP contribution in [0.25, 0.3) is 0 Å². The van der Waals surface area contributed by atoms with Crippen molar-refractivity contribution >= 4 is 35.6 Å². The number of thioether (sulfide) groups is 1. The Morgan fingerprint density at radius 1 is 0.977 bits per heavy atom. The fourth-order valence-corrected chi connectivity index (χ4v) is 5.80. The Kier molecular flexibility index (Phi) is 12.8. The van der Waals surface area contributed by atoms with E-state index in [2.05, 4.69) is 22.4 Å². The highest BCUT2D eigenvalue weighted by Gasteiger charge is 2.51. The topological polar surface area (TPSA) is 157 Å². The Morgan fingerprint density at radius 3 is 2.30 bits per heavy atom. The van der Waals surface area contributed by atoms with Crippen LogP contribution in [0.2, 0.25) is 0 Å². The van der Waals surface area contributed by atoms with Gasteiger partial charge in [0.1, 0.15) is 36.5 Å². The van der Waals surface area contributed by atoms with E-state index in [0.717, 1.165) is 42.3 Å². The Labute approximate surface area is 255 Å². The molecule has 1 aromatic carbocycles. The number of rotatable bonds is 14. The minimum Gasteiger partial charge on any atom is -0.485 e. The summed E-state index contributed by atoms with van der Waals surface area (Å²) in [6, 6.07) is 6.71. The van der Waals surface area contributed by atoms with Gasteiger partial charge in [-0.1, -0.05) is 49.7 Å². The number of benzene rings is 1. The lowest BCUT2D eigenvalue weighted by Crippen LogP contribution is -2.65. The first-order valence-electron chi connectivity index (χ1n) is 14.2. The zero-order valence-electron chi connectivity index (χ0n) is 25.4. The highest BCUT2D eigenvalue weighted by molar-refractivity contribution is 7.99. The van der Waals surface area contributed by atoms with Crippen molar-refractivity contribution in [2.75, 3.05) is 6.61 Å². The number of carbonyl (C=O) groups is 4. The van der Waals surface area contributed by atoms with Crippen LogP contribution in [0, 0.1) is 6.92 Å². The third-order valence-electron chi connectivity index (χ3n) is 6.52. The van der Waals surface area contributed by atoms with E-state index >= 15 is 0 Å². The number of hydrogen-bond acceptors (Lipinski definition) is 12. The van der Waals surface area contributed by atoms with E-state index in [1.807, 2.05) is 35.8 Å². The van der Waals surface area contributed by atoms with Crippen molar-refractivity contribution in [3.63, 3.8) is 0 Å². The molecule has 14 heteroatoms. The van der Waals surface area contributed by atoms with Crippen LogP contribution in [0.1, 0.15) is 65.3 Å². The van der Waals surface area contributed by atoms with Crippen molar-refractivity contribution in [3.8, 4) is 5.75 Å². The van der Waals surface area contributed by atoms with Gasteiger partial charge in [-0.25, -0.2) is 0 Å². The summed E-state index contributed by atoms with van der Waals surface area (Å²) in [6.45, 7) is 9.51. The molecule has 1 aromatic heterocycles. The Balaban J connectivity index is 1.98. The number of aryl methyl sites for hydroxylation is 1. The number of esters is 3. The number of carbonyl (C=O) groups excluding carboxylic acids is 4. The first-order valence-corrected chi connectivity index (χ1v) is 15.1. The molecule has 0 saturated carbocycles. The molecule has 0 spiro atoms. The van der Waals surface area contributed by atoms with Crippen molar-refractivity contribution in [2.45, 2.75) is 109 Å². The number of ether oxygens (including phenoxy) is 5. The molecule has 0 bridgehead atoms. The van der Waals surface area contributed by atoms with E-state index < -0.39 is 53.6 Å². The molecule has 1 saturated heterocycles. The van der Waals surface area contributed by atoms with Crippen LogP contribution in [0.5, 0.6) is 5.75 Å². The van der Waals surface area contributed by atoms with E-state index in [0.29, 0.717) is 17.5 Å². The molecule has 0 aliphatic carbocycles. The number of aromatic nitrogens is 3. The molecular weight excluding hydrogens is 580 g/mol. The SMILES string of the molecule is CCCCCn1c(COc2ccccc2C)nnc1S[C@@H]1O[C@@H](COC(C)=O)[C@@H](OC(C)=O)[C@@H](OC(C)=O)[C@H]1NC(C)=O. The molecule has 1 fully saturated rings. The smallest absolute Gasteiger partial charge is 0.303 e. The molecule has 2 aromatic rings. The van der Waals surface area contributed by atoms with Gasteiger partial charge in [0.15, 0.2) is 23.2 Å². The fourth-order valence-electron chi connectivity index (χ4n) is 4.61. The first-order chi connectivity index (χ1) is 20.5. The molecule has 1 N–H and O–H groups in total. The lowest BCUT2D eigenvalue weighted by molar-refractivity contribution is -0.211. The minimum absolute atomic E-state index is 0.171. The normalized spacial score (nSPS) is 21.5. The number of hydrogen-bond donors (Lipinski definition) is 1. The first kappa shape index (κ1) is 33.8. The van der Waals surface area contributed by atoms with E-state index in [9.17, 15) is 19.2 Å². The maximum absolute atomic E-state index is 12.3. The summed E-state index contributed by atoms with van der Waals surface area (Å²) in [5.74, 6) is -0.993. The molecule has 13 nitrogen and oxygen atoms in total. The molecule has 1 aliphatic rings. The second kappa shape index (κ2) is 16.3. The summed E-state index contributed by atoms with van der Waals surface area (Å²) in [5.41, 5.74) is 0.0837. The lowest BCUT2D eigenvalue weighted by Gasteiger charge is -2.44. The lowest BCUT2D eigenvalue weighted by atomic mass is 9.97. The monoisotopic (exact) mass is 620 g/mol. The molecule has 43 heavy (non-hydrogen) atoms. The average Bonchev–Trinajstić information content (AvgIpc) is 3.30. The van der Waals surface area contributed by atoms with Gasteiger partial charge in [-0.3, -0.25) is 19.2 Å². The largest absolute Gasteiger partial charge is 0.485 e. The van der Waals surface area contributed by atoms with E-state index in [1.165, 1.54) is 27.7 Å². The van der Waals surface area contributed by atoms with Crippen molar-refractivity contribution in [1.82, 2.24) is 20.1 Å². The molecule has 2 heterocycles. The number of para-hydroxylation sites is 1. The number of amides is 1. The summed E-state index contributed by atoms with van der Waals surface area (Å²) in [5, 5.41) is 12.1. The second-order valence-electron chi connectivity index (χ2n) is 10.1. The summed E-state index contributed by atoms with van der Waals surface area (Å²) in [7, 11) is 0. The van der Waals surface area contributed by atoms with Gasteiger partial charge in [-0.2, -0.15) is 0 Å². The molecule has 0 unspecified atom stereocenters. The highest BCUT2D eigenvalue weighted by atomic mass is 32.2. The number of nitrogens with one attached hydrogen (secondary N) is 1. The number of unbranched alkanes of at least 4 members (excludes halogenated alkanes) is 2. The molecule has 3 rings (SSSR count). The Bertz CT molecular complexity index is 1270. The van der Waals surface area contributed by atoms with Crippen molar-refractivity contribution in [3.05, 3.63) is 35.7 Å². The van der Waals surface area contributed by atoms with Gasteiger partial charge in [0.25, 0.3) is 0 Å². The standard InChI is InChI=1S/C29H40N4O9S/c1-7-8-11-14-33-24(16-39-22-13-10-9-12-17(22)2)31-32-29(33)43-28-25(30-18(3)34)27(41-21(6)37)26(40-20(5)36)23(42-28)15-38-19(4)35/h9-10,12-13,23,25-28H,7-8,11,14-16H2,1-6H3,(H,30,34)/t23-,25+,26+,27-,28-/m0/s1.